The van der Waals surface area contributed by atoms with E-state index in [1.54, 1.807) is 0 Å². The summed E-state index contributed by atoms with van der Waals surface area (Å²) in [6, 6.07) is 65.6. The van der Waals surface area contributed by atoms with E-state index in [1.807, 2.05) is 12.1 Å². The van der Waals surface area contributed by atoms with Crippen molar-refractivity contribution in [3.05, 3.63) is 182 Å². The van der Waals surface area contributed by atoms with E-state index in [0.29, 0.717) is 0 Å². The second-order valence-electron chi connectivity index (χ2n) is 13.4. The van der Waals surface area contributed by atoms with Crippen LogP contribution in [0.5, 0.6) is 0 Å². The van der Waals surface area contributed by atoms with Crippen molar-refractivity contribution in [2.24, 2.45) is 0 Å². The van der Waals surface area contributed by atoms with E-state index in [1.165, 1.54) is 60.4 Å². The zero-order valence-corrected chi connectivity index (χ0v) is 27.6. The van der Waals surface area contributed by atoms with Gasteiger partial charge in [0.05, 0.1) is 22.1 Å². The lowest BCUT2D eigenvalue weighted by Gasteiger charge is -2.09. The molecule has 0 saturated carbocycles. The van der Waals surface area contributed by atoms with Crippen LogP contribution < -0.4 is 0 Å². The Hall–Kier alpha value is -6.84. The Bertz CT molecular complexity index is 3130. The van der Waals surface area contributed by atoms with Gasteiger partial charge in [-0.15, -0.1) is 0 Å². The van der Waals surface area contributed by atoms with Gasteiger partial charge in [0.15, 0.2) is 0 Å². The van der Waals surface area contributed by atoms with Crippen LogP contribution in [-0.2, 0) is 0 Å². The first-order valence-electron chi connectivity index (χ1n) is 17.4. The van der Waals surface area contributed by atoms with Crippen molar-refractivity contribution in [2.75, 3.05) is 0 Å². The molecule has 0 saturated heterocycles. The van der Waals surface area contributed by atoms with Crippen LogP contribution in [0.25, 0.3) is 99.2 Å². The molecule has 0 radical (unpaired) electrons. The standard InChI is InChI=1S/C48H30N2O/c1-3-11-35(12-4-1)49-43-17-9-7-15-37(43)40-27-31(20-24-44(40)49)32-21-25-45-41(28-32)42-29-33(22-26-46(42)50(45)36-13-5-2-6-14-36)34-19-23-39-38-16-8-10-18-47(38)51-48(39)30-34/h1-30H. The van der Waals surface area contributed by atoms with Gasteiger partial charge in [-0.05, 0) is 107 Å². The van der Waals surface area contributed by atoms with Gasteiger partial charge in [-0.25, -0.2) is 0 Å². The highest BCUT2D eigenvalue weighted by molar-refractivity contribution is 6.14. The maximum atomic E-state index is 6.28. The highest BCUT2D eigenvalue weighted by atomic mass is 16.3. The summed E-state index contributed by atoms with van der Waals surface area (Å²) in [6.07, 6.45) is 0. The molecule has 0 fully saturated rings. The molecule has 51 heavy (non-hydrogen) atoms. The summed E-state index contributed by atoms with van der Waals surface area (Å²) in [5.41, 5.74) is 13.6. The quantitative estimate of drug-likeness (QED) is 0.186. The summed E-state index contributed by atoms with van der Waals surface area (Å²) in [5.74, 6) is 0. The third-order valence-electron chi connectivity index (χ3n) is 10.5. The van der Waals surface area contributed by atoms with Crippen LogP contribution in [0.1, 0.15) is 0 Å². The third-order valence-corrected chi connectivity index (χ3v) is 10.5. The van der Waals surface area contributed by atoms with Crippen molar-refractivity contribution < 1.29 is 4.42 Å². The molecule has 3 aromatic heterocycles. The highest BCUT2D eigenvalue weighted by Gasteiger charge is 2.17. The predicted octanol–water partition coefficient (Wildman–Crippen LogP) is 13.1. The number of hydrogen-bond donors (Lipinski definition) is 0. The van der Waals surface area contributed by atoms with Crippen LogP contribution in [0.2, 0.25) is 0 Å². The molecule has 0 bridgehead atoms. The minimum absolute atomic E-state index is 0.909. The SMILES string of the molecule is c1ccc(-n2c3ccccc3c3cc(-c4ccc5c(c4)c4cc(-c6ccc7c(c6)oc6ccccc67)ccc4n5-c4ccccc4)ccc32)cc1. The fourth-order valence-electron chi connectivity index (χ4n) is 8.15. The molecular weight excluding hydrogens is 621 g/mol. The molecule has 0 aliphatic heterocycles. The van der Waals surface area contributed by atoms with Gasteiger partial charge in [0.1, 0.15) is 11.2 Å². The molecule has 0 amide bonds. The molecule has 11 aromatic rings. The maximum absolute atomic E-state index is 6.28. The first-order valence-corrected chi connectivity index (χ1v) is 17.4. The fourth-order valence-corrected chi connectivity index (χ4v) is 8.15. The molecule has 3 nitrogen and oxygen atoms in total. The van der Waals surface area contributed by atoms with Gasteiger partial charge >= 0.3 is 0 Å². The van der Waals surface area contributed by atoms with Gasteiger partial charge in [0.2, 0.25) is 0 Å². The number of furan rings is 1. The van der Waals surface area contributed by atoms with Crippen molar-refractivity contribution in [2.45, 2.75) is 0 Å². The molecule has 0 unspecified atom stereocenters. The zero-order chi connectivity index (χ0) is 33.5. The van der Waals surface area contributed by atoms with Gasteiger partial charge in [0.25, 0.3) is 0 Å². The van der Waals surface area contributed by atoms with Crippen LogP contribution >= 0.6 is 0 Å². The molecular formula is C48H30N2O. The molecule has 8 aromatic carbocycles. The topological polar surface area (TPSA) is 23.0 Å². The molecule has 0 spiro atoms. The summed E-state index contributed by atoms with van der Waals surface area (Å²) in [6.45, 7) is 0. The molecule has 238 valence electrons. The van der Waals surface area contributed by atoms with Crippen LogP contribution in [0.4, 0.5) is 0 Å². The number of rotatable bonds is 4. The van der Waals surface area contributed by atoms with E-state index in [2.05, 4.69) is 179 Å². The van der Waals surface area contributed by atoms with Gasteiger partial charge in [-0.1, -0.05) is 97.1 Å². The van der Waals surface area contributed by atoms with E-state index in [9.17, 15) is 0 Å². The average molecular weight is 651 g/mol. The molecule has 3 heteroatoms. The highest BCUT2D eigenvalue weighted by Crippen LogP contribution is 2.40. The Morgan fingerprint density at radius 2 is 0.686 bits per heavy atom. The second-order valence-corrected chi connectivity index (χ2v) is 13.4. The predicted molar refractivity (Wildman–Crippen MR) is 213 cm³/mol. The van der Waals surface area contributed by atoms with E-state index in [4.69, 9.17) is 4.42 Å². The lowest BCUT2D eigenvalue weighted by atomic mass is 9.99. The van der Waals surface area contributed by atoms with Crippen LogP contribution in [-0.4, -0.2) is 9.13 Å². The third kappa shape index (κ3) is 4.25. The number of benzene rings is 8. The van der Waals surface area contributed by atoms with Gasteiger partial charge in [-0.3, -0.25) is 0 Å². The Labute approximate surface area is 293 Å². The summed E-state index contributed by atoms with van der Waals surface area (Å²) in [7, 11) is 0. The largest absolute Gasteiger partial charge is 0.456 e. The van der Waals surface area contributed by atoms with Gasteiger partial charge < -0.3 is 13.6 Å². The molecule has 3 heterocycles. The van der Waals surface area contributed by atoms with E-state index in [-0.39, 0.29) is 0 Å². The molecule has 0 aliphatic rings. The van der Waals surface area contributed by atoms with Crippen LogP contribution in [0.3, 0.4) is 0 Å². The lowest BCUT2D eigenvalue weighted by Crippen LogP contribution is -1.93. The molecule has 0 N–H and O–H groups in total. The van der Waals surface area contributed by atoms with Crippen molar-refractivity contribution >= 4 is 65.6 Å². The van der Waals surface area contributed by atoms with Crippen LogP contribution in [0, 0.1) is 0 Å². The number of nitrogens with zero attached hydrogens (tertiary/aromatic N) is 2. The summed E-state index contributed by atoms with van der Waals surface area (Å²) >= 11 is 0. The monoisotopic (exact) mass is 650 g/mol. The van der Waals surface area contributed by atoms with E-state index in [0.717, 1.165) is 38.8 Å². The Kier molecular flexibility index (Phi) is 5.96. The average Bonchev–Trinajstić information content (AvgIpc) is 3.85. The van der Waals surface area contributed by atoms with Crippen molar-refractivity contribution in [1.29, 1.82) is 0 Å². The molecule has 11 rings (SSSR count). The smallest absolute Gasteiger partial charge is 0.136 e. The zero-order valence-electron chi connectivity index (χ0n) is 27.6. The van der Waals surface area contributed by atoms with Crippen molar-refractivity contribution in [3.63, 3.8) is 0 Å². The minimum atomic E-state index is 0.909. The Morgan fingerprint density at radius 1 is 0.275 bits per heavy atom. The second kappa shape index (κ2) is 10.8. The Morgan fingerprint density at radius 3 is 1.27 bits per heavy atom. The maximum Gasteiger partial charge on any atom is 0.136 e. The molecule has 0 aliphatic carbocycles. The number of hydrogen-bond acceptors (Lipinski definition) is 1. The first-order chi connectivity index (χ1) is 25.3. The normalized spacial score (nSPS) is 11.9. The first kappa shape index (κ1) is 28.0. The number of fused-ring (bicyclic) bond motifs is 9. The van der Waals surface area contributed by atoms with E-state index < -0.39 is 0 Å². The summed E-state index contributed by atoms with van der Waals surface area (Å²) in [5, 5.41) is 7.25. The van der Waals surface area contributed by atoms with Crippen molar-refractivity contribution in [1.82, 2.24) is 9.13 Å². The fraction of sp³-hybridized carbons (Fsp3) is 0. The summed E-state index contributed by atoms with van der Waals surface area (Å²) in [4.78, 5) is 0. The van der Waals surface area contributed by atoms with Crippen LogP contribution in [0.15, 0.2) is 186 Å². The number of aromatic nitrogens is 2. The Balaban J connectivity index is 1.11. The minimum Gasteiger partial charge on any atom is -0.456 e. The van der Waals surface area contributed by atoms with Crippen molar-refractivity contribution in [3.8, 4) is 33.6 Å². The summed E-state index contributed by atoms with van der Waals surface area (Å²) < 4.78 is 11.0. The number of para-hydroxylation sites is 4. The lowest BCUT2D eigenvalue weighted by molar-refractivity contribution is 0.669. The molecule has 0 atom stereocenters. The van der Waals surface area contributed by atoms with Gasteiger partial charge in [-0.2, -0.15) is 0 Å². The van der Waals surface area contributed by atoms with E-state index >= 15 is 0 Å². The van der Waals surface area contributed by atoms with Gasteiger partial charge in [0, 0.05) is 43.7 Å².